The third-order valence-corrected chi connectivity index (χ3v) is 3.14. The van der Waals surface area contributed by atoms with Crippen LogP contribution in [0.25, 0.3) is 0 Å². The van der Waals surface area contributed by atoms with Crippen LogP contribution < -0.4 is 5.32 Å². The van der Waals surface area contributed by atoms with Gasteiger partial charge in [0.15, 0.2) is 0 Å². The first-order valence-electron chi connectivity index (χ1n) is 7.11. The van der Waals surface area contributed by atoms with E-state index in [0.717, 1.165) is 44.0 Å². The zero-order chi connectivity index (χ0) is 13.5. The quantitative estimate of drug-likeness (QED) is 0.820. The lowest BCUT2D eigenvalue weighted by molar-refractivity contribution is 0.645. The van der Waals surface area contributed by atoms with E-state index in [1.54, 1.807) is 0 Å². The molecule has 0 atom stereocenters. The summed E-state index contributed by atoms with van der Waals surface area (Å²) in [6.07, 6.45) is 5.50. The number of anilines is 1. The summed E-state index contributed by atoms with van der Waals surface area (Å²) in [6, 6.07) is 10.6. The number of hydrogen-bond donors (Lipinski definition) is 1. The molecule has 19 heavy (non-hydrogen) atoms. The van der Waals surface area contributed by atoms with Gasteiger partial charge in [0.25, 0.3) is 0 Å². The average Bonchev–Trinajstić information content (AvgIpc) is 2.78. The Kier molecular flexibility index (Phi) is 5.01. The molecule has 0 bridgehead atoms. The van der Waals surface area contributed by atoms with E-state index in [1.165, 1.54) is 5.56 Å². The van der Waals surface area contributed by atoms with Crippen LogP contribution >= 0.6 is 0 Å². The van der Waals surface area contributed by atoms with Gasteiger partial charge in [0.1, 0.15) is 0 Å². The van der Waals surface area contributed by atoms with Crippen molar-refractivity contribution in [1.82, 2.24) is 9.55 Å². The molecular weight excluding hydrogens is 234 g/mol. The van der Waals surface area contributed by atoms with Gasteiger partial charge in [-0.15, -0.1) is 0 Å². The van der Waals surface area contributed by atoms with Crippen molar-refractivity contribution < 1.29 is 0 Å². The fourth-order valence-corrected chi connectivity index (χ4v) is 2.19. The first-order chi connectivity index (χ1) is 9.29. The first kappa shape index (κ1) is 13.7. The predicted molar refractivity (Wildman–Crippen MR) is 80.5 cm³/mol. The van der Waals surface area contributed by atoms with E-state index in [2.05, 4.69) is 58.3 Å². The maximum absolute atomic E-state index is 4.53. The first-order valence-corrected chi connectivity index (χ1v) is 7.11. The normalized spacial score (nSPS) is 10.6. The Bertz CT molecular complexity index is 488. The molecule has 3 heteroatoms. The van der Waals surface area contributed by atoms with Crippen LogP contribution in [0.4, 0.5) is 5.95 Å². The average molecular weight is 257 g/mol. The molecule has 0 radical (unpaired) electrons. The summed E-state index contributed by atoms with van der Waals surface area (Å²) in [7, 11) is 0. The molecule has 0 amide bonds. The minimum atomic E-state index is 0.981. The molecule has 1 aromatic carbocycles. The molecule has 0 aliphatic carbocycles. The molecule has 1 heterocycles. The van der Waals surface area contributed by atoms with Crippen molar-refractivity contribution in [3.63, 3.8) is 0 Å². The molecule has 1 N–H and O–H groups in total. The molecule has 0 aliphatic heterocycles. The van der Waals surface area contributed by atoms with Crippen LogP contribution in [0.1, 0.15) is 31.0 Å². The van der Waals surface area contributed by atoms with Gasteiger partial charge >= 0.3 is 0 Å². The van der Waals surface area contributed by atoms with Crippen LogP contribution in [-0.2, 0) is 13.0 Å². The highest BCUT2D eigenvalue weighted by Gasteiger charge is 2.04. The lowest BCUT2D eigenvalue weighted by atomic mass is 10.1. The Hall–Kier alpha value is -1.77. The Labute approximate surface area is 115 Å². The van der Waals surface area contributed by atoms with E-state index in [4.69, 9.17) is 0 Å². The van der Waals surface area contributed by atoms with Gasteiger partial charge < -0.3 is 9.88 Å². The van der Waals surface area contributed by atoms with Crippen molar-refractivity contribution in [1.29, 1.82) is 0 Å². The fraction of sp³-hybridized carbons (Fsp3) is 0.438. The van der Waals surface area contributed by atoms with Gasteiger partial charge in [0.05, 0.1) is 5.69 Å². The number of rotatable bonds is 7. The zero-order valence-electron chi connectivity index (χ0n) is 11.9. The van der Waals surface area contributed by atoms with Gasteiger partial charge in [-0.3, -0.25) is 0 Å². The van der Waals surface area contributed by atoms with Crippen LogP contribution in [-0.4, -0.2) is 16.1 Å². The van der Waals surface area contributed by atoms with Gasteiger partial charge in [0, 0.05) is 19.3 Å². The largest absolute Gasteiger partial charge is 0.356 e. The molecule has 0 aliphatic rings. The number of imidazole rings is 1. The van der Waals surface area contributed by atoms with Crippen molar-refractivity contribution in [3.05, 3.63) is 47.8 Å². The van der Waals surface area contributed by atoms with E-state index >= 15 is 0 Å². The van der Waals surface area contributed by atoms with E-state index < -0.39 is 0 Å². The van der Waals surface area contributed by atoms with Gasteiger partial charge in [-0.05, 0) is 31.7 Å². The Morgan fingerprint density at radius 2 is 2.00 bits per heavy atom. The van der Waals surface area contributed by atoms with E-state index in [9.17, 15) is 0 Å². The number of nitrogens with zero attached hydrogens (tertiary/aromatic N) is 2. The summed E-state index contributed by atoms with van der Waals surface area (Å²) in [5.74, 6) is 1.01. The Balaban J connectivity index is 1.88. The van der Waals surface area contributed by atoms with Gasteiger partial charge in [-0.2, -0.15) is 0 Å². The standard InChI is InChI=1S/C16H23N3/c1-3-11-17-16-18-14(2)13-19(16)12-7-10-15-8-5-4-6-9-15/h4-6,8-9,13H,3,7,10-12H2,1-2H3,(H,17,18). The van der Waals surface area contributed by atoms with Crippen molar-refractivity contribution in [2.24, 2.45) is 0 Å². The molecule has 2 aromatic rings. The monoisotopic (exact) mass is 257 g/mol. The highest BCUT2D eigenvalue weighted by Crippen LogP contribution is 2.11. The highest BCUT2D eigenvalue weighted by atomic mass is 15.2. The molecular formula is C16H23N3. The minimum absolute atomic E-state index is 0.981. The van der Waals surface area contributed by atoms with E-state index in [0.29, 0.717) is 0 Å². The van der Waals surface area contributed by atoms with E-state index in [-0.39, 0.29) is 0 Å². The van der Waals surface area contributed by atoms with Gasteiger partial charge in [-0.25, -0.2) is 4.98 Å². The smallest absolute Gasteiger partial charge is 0.203 e. The number of hydrogen-bond acceptors (Lipinski definition) is 2. The summed E-state index contributed by atoms with van der Waals surface area (Å²) in [5.41, 5.74) is 2.49. The van der Waals surface area contributed by atoms with Gasteiger partial charge in [0.2, 0.25) is 5.95 Å². The number of nitrogens with one attached hydrogen (secondary N) is 1. The van der Waals surface area contributed by atoms with Crippen molar-refractivity contribution in [2.75, 3.05) is 11.9 Å². The van der Waals surface area contributed by atoms with Crippen LogP contribution in [0.15, 0.2) is 36.5 Å². The number of aryl methyl sites for hydroxylation is 3. The second-order valence-electron chi connectivity index (χ2n) is 4.92. The molecule has 3 nitrogen and oxygen atoms in total. The maximum atomic E-state index is 4.53. The Morgan fingerprint density at radius 3 is 2.74 bits per heavy atom. The molecule has 2 rings (SSSR count). The molecule has 0 saturated carbocycles. The molecule has 102 valence electrons. The van der Waals surface area contributed by atoms with E-state index in [1.807, 2.05) is 6.92 Å². The van der Waals surface area contributed by atoms with Crippen LogP contribution in [0.2, 0.25) is 0 Å². The summed E-state index contributed by atoms with van der Waals surface area (Å²) in [4.78, 5) is 4.53. The third kappa shape index (κ3) is 4.12. The second kappa shape index (κ2) is 6.98. The topological polar surface area (TPSA) is 29.9 Å². The molecule has 0 spiro atoms. The third-order valence-electron chi connectivity index (χ3n) is 3.14. The van der Waals surface area contributed by atoms with Crippen LogP contribution in [0, 0.1) is 6.92 Å². The fourth-order valence-electron chi connectivity index (χ4n) is 2.19. The summed E-state index contributed by atoms with van der Waals surface area (Å²) >= 11 is 0. The Morgan fingerprint density at radius 1 is 1.21 bits per heavy atom. The number of benzene rings is 1. The molecule has 1 aromatic heterocycles. The number of aromatic nitrogens is 2. The molecule has 0 saturated heterocycles. The SMILES string of the molecule is CCCNc1nc(C)cn1CCCc1ccccc1. The summed E-state index contributed by atoms with van der Waals surface area (Å²) < 4.78 is 2.23. The van der Waals surface area contributed by atoms with Crippen LogP contribution in [0.5, 0.6) is 0 Å². The summed E-state index contributed by atoms with van der Waals surface area (Å²) in [5, 5.41) is 3.38. The van der Waals surface area contributed by atoms with Crippen molar-refractivity contribution in [2.45, 2.75) is 39.7 Å². The second-order valence-corrected chi connectivity index (χ2v) is 4.92. The predicted octanol–water partition coefficient (Wildman–Crippen LogP) is 3.65. The van der Waals surface area contributed by atoms with Crippen molar-refractivity contribution >= 4 is 5.95 Å². The lowest BCUT2D eigenvalue weighted by Crippen LogP contribution is -2.08. The molecule has 0 unspecified atom stereocenters. The highest BCUT2D eigenvalue weighted by molar-refractivity contribution is 5.28. The van der Waals surface area contributed by atoms with Gasteiger partial charge in [-0.1, -0.05) is 37.3 Å². The van der Waals surface area contributed by atoms with Crippen LogP contribution in [0.3, 0.4) is 0 Å². The summed E-state index contributed by atoms with van der Waals surface area (Å²) in [6.45, 7) is 6.21. The van der Waals surface area contributed by atoms with Crippen molar-refractivity contribution in [3.8, 4) is 0 Å². The zero-order valence-corrected chi connectivity index (χ0v) is 11.9. The minimum Gasteiger partial charge on any atom is -0.356 e. The molecule has 0 fully saturated rings. The maximum Gasteiger partial charge on any atom is 0.203 e. The lowest BCUT2D eigenvalue weighted by Gasteiger charge is -2.09.